The second kappa shape index (κ2) is 8.82. The van der Waals surface area contributed by atoms with Crippen LogP contribution in [-0.2, 0) is 0 Å². The molecule has 1 aromatic carbocycles. The van der Waals surface area contributed by atoms with Gasteiger partial charge in [0.15, 0.2) is 11.6 Å². The molecule has 148 valence electrons. The molecule has 29 heavy (non-hydrogen) atoms. The highest BCUT2D eigenvalue weighted by atomic mass is 79.9. The Labute approximate surface area is 176 Å². The van der Waals surface area contributed by atoms with Crippen LogP contribution in [0.2, 0.25) is 0 Å². The van der Waals surface area contributed by atoms with Gasteiger partial charge in [0.05, 0.1) is 22.4 Å². The number of hydrogen-bond acceptors (Lipinski definition) is 8. The van der Waals surface area contributed by atoms with E-state index in [1.807, 2.05) is 36.4 Å². The summed E-state index contributed by atoms with van der Waals surface area (Å²) >= 11 is 3.46. The number of para-hydroxylation sites is 1. The first-order valence-electron chi connectivity index (χ1n) is 9.18. The van der Waals surface area contributed by atoms with E-state index in [9.17, 15) is 0 Å². The average molecular weight is 454 g/mol. The summed E-state index contributed by atoms with van der Waals surface area (Å²) in [5.41, 5.74) is 5.43. The van der Waals surface area contributed by atoms with E-state index in [0.717, 1.165) is 15.9 Å². The standard InChI is InChI=1S/C19H20BrN9/c20-15-11-23-19(22-10-14(9-21)27-26-13-4-2-1-3-5-13)25-18(15)24-17-8-16(28-29-17)12-6-7-12/h1-5,8-9,11-12,21,26H,6-7,10H2,(H3,22,23,24,25,28,29)/b21-9?,27-14+. The number of anilines is 4. The third-order valence-electron chi connectivity index (χ3n) is 4.30. The molecule has 10 heteroatoms. The number of hydrazone groups is 1. The van der Waals surface area contributed by atoms with Gasteiger partial charge < -0.3 is 16.0 Å². The van der Waals surface area contributed by atoms with E-state index in [-0.39, 0.29) is 0 Å². The first kappa shape index (κ1) is 19.1. The number of aromatic nitrogens is 4. The minimum Gasteiger partial charge on any atom is -0.348 e. The first-order valence-corrected chi connectivity index (χ1v) is 9.97. The van der Waals surface area contributed by atoms with Gasteiger partial charge in [-0.1, -0.05) is 18.2 Å². The van der Waals surface area contributed by atoms with E-state index in [1.54, 1.807) is 6.20 Å². The maximum atomic E-state index is 7.55. The normalized spacial score (nSPS) is 13.8. The van der Waals surface area contributed by atoms with Gasteiger partial charge in [-0.05, 0) is 40.9 Å². The maximum absolute atomic E-state index is 7.55. The lowest BCUT2D eigenvalue weighted by Crippen LogP contribution is -2.18. The topological polar surface area (TPSA) is 127 Å². The van der Waals surface area contributed by atoms with Gasteiger partial charge in [-0.25, -0.2) is 4.98 Å². The largest absolute Gasteiger partial charge is 0.348 e. The van der Waals surface area contributed by atoms with Crippen molar-refractivity contribution in [2.24, 2.45) is 5.10 Å². The minimum atomic E-state index is 0.304. The van der Waals surface area contributed by atoms with E-state index < -0.39 is 0 Å². The number of nitrogens with one attached hydrogen (secondary N) is 5. The lowest BCUT2D eigenvalue weighted by atomic mass is 10.3. The summed E-state index contributed by atoms with van der Waals surface area (Å²) in [6.45, 7) is 0.304. The molecule has 1 aliphatic rings. The molecule has 0 saturated heterocycles. The van der Waals surface area contributed by atoms with Gasteiger partial charge >= 0.3 is 0 Å². The van der Waals surface area contributed by atoms with Crippen molar-refractivity contribution >= 4 is 51.1 Å². The van der Waals surface area contributed by atoms with Crippen molar-refractivity contribution < 1.29 is 0 Å². The van der Waals surface area contributed by atoms with Crippen molar-refractivity contribution in [2.45, 2.75) is 18.8 Å². The Morgan fingerprint density at radius 3 is 2.90 bits per heavy atom. The average Bonchev–Trinajstić information content (AvgIpc) is 3.50. The summed E-state index contributed by atoms with van der Waals surface area (Å²) < 4.78 is 0.728. The Hall–Kier alpha value is -3.27. The molecule has 5 N–H and O–H groups in total. The van der Waals surface area contributed by atoms with Crippen molar-refractivity contribution in [3.8, 4) is 0 Å². The minimum absolute atomic E-state index is 0.304. The monoisotopic (exact) mass is 453 g/mol. The summed E-state index contributed by atoms with van der Waals surface area (Å²) in [7, 11) is 0. The van der Waals surface area contributed by atoms with Gasteiger partial charge in [0, 0.05) is 30.1 Å². The molecule has 0 amide bonds. The van der Waals surface area contributed by atoms with Crippen LogP contribution in [0.1, 0.15) is 24.5 Å². The van der Waals surface area contributed by atoms with Gasteiger partial charge in [0.25, 0.3) is 0 Å². The number of aromatic amines is 1. The molecule has 4 rings (SSSR count). The Morgan fingerprint density at radius 1 is 1.31 bits per heavy atom. The van der Waals surface area contributed by atoms with Crippen LogP contribution < -0.4 is 16.1 Å². The molecule has 3 aromatic rings. The van der Waals surface area contributed by atoms with E-state index in [0.29, 0.717) is 35.8 Å². The molecular formula is C19H20BrN9. The lowest BCUT2D eigenvalue weighted by molar-refractivity contribution is 0.966. The predicted octanol–water partition coefficient (Wildman–Crippen LogP) is 4.11. The van der Waals surface area contributed by atoms with Gasteiger partial charge in [-0.3, -0.25) is 10.5 Å². The number of benzene rings is 1. The third-order valence-corrected chi connectivity index (χ3v) is 4.88. The molecule has 0 unspecified atom stereocenters. The Bertz CT molecular complexity index is 1010. The molecule has 9 nitrogen and oxygen atoms in total. The first-order chi connectivity index (χ1) is 14.2. The summed E-state index contributed by atoms with van der Waals surface area (Å²) in [6.07, 6.45) is 5.27. The lowest BCUT2D eigenvalue weighted by Gasteiger charge is -2.09. The van der Waals surface area contributed by atoms with E-state index in [1.165, 1.54) is 19.1 Å². The Kier molecular flexibility index (Phi) is 5.80. The van der Waals surface area contributed by atoms with Crippen molar-refractivity contribution in [3.63, 3.8) is 0 Å². The molecule has 0 atom stereocenters. The SMILES string of the molecule is N=C/C(CNc1ncc(Br)c(Nc2cc(C3CC3)[nH]n2)n1)=N\Nc1ccccc1. The Morgan fingerprint density at radius 2 is 2.14 bits per heavy atom. The number of H-pyrrole nitrogens is 1. The highest BCUT2D eigenvalue weighted by Crippen LogP contribution is 2.39. The van der Waals surface area contributed by atoms with Crippen molar-refractivity contribution in [1.82, 2.24) is 20.2 Å². The number of halogens is 1. The Balaban J connectivity index is 1.39. The van der Waals surface area contributed by atoms with Crippen LogP contribution in [0.15, 0.2) is 52.2 Å². The molecule has 1 fully saturated rings. The molecule has 1 saturated carbocycles. The van der Waals surface area contributed by atoms with Gasteiger partial charge in [-0.2, -0.15) is 15.2 Å². The molecule has 0 radical (unpaired) electrons. The summed E-state index contributed by atoms with van der Waals surface area (Å²) in [6, 6.07) is 11.6. The van der Waals surface area contributed by atoms with E-state index >= 15 is 0 Å². The molecular weight excluding hydrogens is 434 g/mol. The van der Waals surface area contributed by atoms with Gasteiger partial charge in [0.1, 0.15) is 0 Å². The van der Waals surface area contributed by atoms with Crippen LogP contribution in [0.5, 0.6) is 0 Å². The third kappa shape index (κ3) is 5.17. The van der Waals surface area contributed by atoms with Gasteiger partial charge in [0.2, 0.25) is 5.95 Å². The van der Waals surface area contributed by atoms with E-state index in [2.05, 4.69) is 57.3 Å². The van der Waals surface area contributed by atoms with Crippen LogP contribution in [0.25, 0.3) is 0 Å². The summed E-state index contributed by atoms with van der Waals surface area (Å²) in [5, 5.41) is 25.4. The highest BCUT2D eigenvalue weighted by molar-refractivity contribution is 9.10. The molecule has 2 heterocycles. The second-order valence-corrected chi connectivity index (χ2v) is 7.43. The smallest absolute Gasteiger partial charge is 0.225 e. The zero-order valence-corrected chi connectivity index (χ0v) is 17.1. The summed E-state index contributed by atoms with van der Waals surface area (Å²) in [5.74, 6) is 2.34. The number of rotatable bonds is 9. The van der Waals surface area contributed by atoms with Crippen molar-refractivity contribution in [2.75, 3.05) is 22.6 Å². The molecule has 0 bridgehead atoms. The second-order valence-electron chi connectivity index (χ2n) is 6.58. The van der Waals surface area contributed by atoms with Crippen molar-refractivity contribution in [3.05, 3.63) is 52.8 Å². The highest BCUT2D eigenvalue weighted by Gasteiger charge is 2.25. The fourth-order valence-electron chi connectivity index (χ4n) is 2.61. The molecule has 0 spiro atoms. The number of nitrogens with zero attached hydrogens (tertiary/aromatic N) is 4. The van der Waals surface area contributed by atoms with Crippen LogP contribution in [0.4, 0.5) is 23.3 Å². The molecule has 1 aliphatic carbocycles. The fraction of sp³-hybridized carbons (Fsp3) is 0.211. The zero-order chi connectivity index (χ0) is 20.1. The van der Waals surface area contributed by atoms with Crippen molar-refractivity contribution in [1.29, 1.82) is 5.41 Å². The van der Waals surface area contributed by atoms with Gasteiger partial charge in [-0.15, -0.1) is 0 Å². The maximum Gasteiger partial charge on any atom is 0.225 e. The predicted molar refractivity (Wildman–Crippen MR) is 118 cm³/mol. The van der Waals surface area contributed by atoms with E-state index in [4.69, 9.17) is 5.41 Å². The van der Waals surface area contributed by atoms with Crippen LogP contribution in [0, 0.1) is 5.41 Å². The van der Waals surface area contributed by atoms with Crippen LogP contribution in [0.3, 0.4) is 0 Å². The molecule has 0 aliphatic heterocycles. The summed E-state index contributed by atoms with van der Waals surface area (Å²) in [4.78, 5) is 8.74. The number of hydrogen-bond donors (Lipinski definition) is 5. The quantitative estimate of drug-likeness (QED) is 0.245. The zero-order valence-electron chi connectivity index (χ0n) is 15.5. The van der Waals surface area contributed by atoms with Crippen LogP contribution in [-0.4, -0.2) is 38.6 Å². The van der Waals surface area contributed by atoms with Crippen LogP contribution >= 0.6 is 15.9 Å². The molecule has 2 aromatic heterocycles. The fourth-order valence-corrected chi connectivity index (χ4v) is 2.90.